The van der Waals surface area contributed by atoms with Crippen LogP contribution in [0.3, 0.4) is 0 Å². The minimum Gasteiger partial charge on any atom is -0.480 e. The minimum atomic E-state index is -4.51. The van der Waals surface area contributed by atoms with Crippen LogP contribution < -0.4 is 0 Å². The van der Waals surface area contributed by atoms with Gasteiger partial charge in [-0.1, -0.05) is 6.92 Å². The van der Waals surface area contributed by atoms with Crippen molar-refractivity contribution in [3.8, 4) is 0 Å². The fourth-order valence-electron chi connectivity index (χ4n) is 2.21. The summed E-state index contributed by atoms with van der Waals surface area (Å²) in [6.45, 7) is 0.219. The first-order valence-electron chi connectivity index (χ1n) is 5.42. The van der Waals surface area contributed by atoms with Crippen LogP contribution in [0.25, 0.3) is 0 Å². The quantitative estimate of drug-likeness (QED) is 0.789. The number of likely N-dealkylation sites (tertiary alicyclic amines) is 1. The normalized spacial score (nSPS) is 28.3. The molecule has 0 aromatic carbocycles. The van der Waals surface area contributed by atoms with E-state index in [9.17, 15) is 18.0 Å². The van der Waals surface area contributed by atoms with Gasteiger partial charge in [-0.2, -0.15) is 13.2 Å². The predicted molar refractivity (Wildman–Crippen MR) is 53.5 cm³/mol. The SMILES string of the molecule is CC[C@@H](C(=O)O)N1CC[C@@](CO)(C(F)(F)F)C1. The summed E-state index contributed by atoms with van der Waals surface area (Å²) in [7, 11) is 0. The number of rotatable bonds is 4. The van der Waals surface area contributed by atoms with E-state index in [1.165, 1.54) is 4.90 Å². The highest BCUT2D eigenvalue weighted by atomic mass is 19.4. The van der Waals surface area contributed by atoms with Crippen molar-refractivity contribution < 1.29 is 28.2 Å². The molecule has 1 saturated heterocycles. The van der Waals surface area contributed by atoms with Crippen LogP contribution in [-0.2, 0) is 4.79 Å². The minimum absolute atomic E-state index is 0.0465. The first-order chi connectivity index (χ1) is 7.77. The molecule has 2 N–H and O–H groups in total. The van der Waals surface area contributed by atoms with E-state index in [4.69, 9.17) is 10.2 Å². The Bertz CT molecular complexity index is 295. The van der Waals surface area contributed by atoms with Crippen LogP contribution in [0.1, 0.15) is 19.8 Å². The van der Waals surface area contributed by atoms with Gasteiger partial charge >= 0.3 is 12.1 Å². The highest BCUT2D eigenvalue weighted by molar-refractivity contribution is 5.73. The third-order valence-electron chi connectivity index (χ3n) is 3.40. The van der Waals surface area contributed by atoms with Crippen LogP contribution in [0.4, 0.5) is 13.2 Å². The van der Waals surface area contributed by atoms with Gasteiger partial charge in [0.25, 0.3) is 0 Å². The maximum atomic E-state index is 12.8. The van der Waals surface area contributed by atoms with Crippen LogP contribution in [0, 0.1) is 5.41 Å². The number of aliphatic hydroxyl groups is 1. The Morgan fingerprint density at radius 3 is 2.41 bits per heavy atom. The smallest absolute Gasteiger partial charge is 0.397 e. The lowest BCUT2D eigenvalue weighted by Crippen LogP contribution is -2.46. The fourth-order valence-corrected chi connectivity index (χ4v) is 2.21. The summed E-state index contributed by atoms with van der Waals surface area (Å²) in [5, 5.41) is 17.9. The van der Waals surface area contributed by atoms with Gasteiger partial charge in [0.05, 0.1) is 6.61 Å². The molecule has 7 heteroatoms. The number of nitrogens with zero attached hydrogens (tertiary/aromatic N) is 1. The van der Waals surface area contributed by atoms with Gasteiger partial charge in [0.15, 0.2) is 0 Å². The number of aliphatic hydroxyl groups excluding tert-OH is 1. The van der Waals surface area contributed by atoms with E-state index < -0.39 is 36.8 Å². The van der Waals surface area contributed by atoms with Gasteiger partial charge in [0.2, 0.25) is 0 Å². The summed E-state index contributed by atoms with van der Waals surface area (Å²) in [5.41, 5.74) is -2.17. The molecule has 0 saturated carbocycles. The molecular weight excluding hydrogens is 239 g/mol. The van der Waals surface area contributed by atoms with Crippen LogP contribution in [0.2, 0.25) is 0 Å². The van der Waals surface area contributed by atoms with E-state index in [0.29, 0.717) is 0 Å². The summed E-state index contributed by atoms with van der Waals surface area (Å²) in [4.78, 5) is 12.2. The van der Waals surface area contributed by atoms with Crippen molar-refractivity contribution >= 4 is 5.97 Å². The molecule has 1 aliphatic heterocycles. The average molecular weight is 255 g/mol. The summed E-state index contributed by atoms with van der Waals surface area (Å²) in [6, 6.07) is -0.911. The second-order valence-electron chi connectivity index (χ2n) is 4.42. The molecule has 100 valence electrons. The van der Waals surface area contributed by atoms with Crippen molar-refractivity contribution in [2.24, 2.45) is 5.41 Å². The fraction of sp³-hybridized carbons (Fsp3) is 0.900. The molecule has 0 radical (unpaired) electrons. The molecule has 1 rings (SSSR count). The van der Waals surface area contributed by atoms with Crippen molar-refractivity contribution in [3.05, 3.63) is 0 Å². The first-order valence-corrected chi connectivity index (χ1v) is 5.42. The number of aliphatic carboxylic acids is 1. The van der Waals surface area contributed by atoms with Crippen molar-refractivity contribution in [3.63, 3.8) is 0 Å². The Kier molecular flexibility index (Phi) is 4.03. The molecule has 1 heterocycles. The lowest BCUT2D eigenvalue weighted by Gasteiger charge is -2.31. The van der Waals surface area contributed by atoms with Crippen LogP contribution in [0.15, 0.2) is 0 Å². The lowest BCUT2D eigenvalue weighted by molar-refractivity contribution is -0.231. The van der Waals surface area contributed by atoms with Crippen LogP contribution in [0.5, 0.6) is 0 Å². The van der Waals surface area contributed by atoms with Crippen LogP contribution in [-0.4, -0.2) is 53.0 Å². The molecule has 0 aliphatic carbocycles. The summed E-state index contributed by atoms with van der Waals surface area (Å²) >= 11 is 0. The Morgan fingerprint density at radius 2 is 2.12 bits per heavy atom. The van der Waals surface area contributed by atoms with Gasteiger partial charge in [0, 0.05) is 13.1 Å². The topological polar surface area (TPSA) is 60.8 Å². The third kappa shape index (κ3) is 2.55. The molecular formula is C10H16F3NO3. The molecule has 1 aliphatic rings. The predicted octanol–water partition coefficient (Wildman–Crippen LogP) is 1.10. The van der Waals surface area contributed by atoms with Crippen molar-refractivity contribution in [1.29, 1.82) is 0 Å². The Labute approximate surface area is 97.0 Å². The van der Waals surface area contributed by atoms with Gasteiger partial charge in [0.1, 0.15) is 11.5 Å². The van der Waals surface area contributed by atoms with Crippen molar-refractivity contribution in [2.45, 2.75) is 32.0 Å². The van der Waals surface area contributed by atoms with Gasteiger partial charge in [-0.15, -0.1) is 0 Å². The zero-order valence-electron chi connectivity index (χ0n) is 9.50. The second kappa shape index (κ2) is 4.81. The van der Waals surface area contributed by atoms with Gasteiger partial charge in [-0.25, -0.2) is 0 Å². The van der Waals surface area contributed by atoms with Crippen molar-refractivity contribution in [2.75, 3.05) is 19.7 Å². The largest absolute Gasteiger partial charge is 0.480 e. The van der Waals surface area contributed by atoms with Gasteiger partial charge in [-0.3, -0.25) is 9.69 Å². The first kappa shape index (κ1) is 14.2. The number of halogens is 3. The van der Waals surface area contributed by atoms with E-state index >= 15 is 0 Å². The summed E-state index contributed by atoms with van der Waals surface area (Å²) in [5.74, 6) is -1.12. The number of carbonyl (C=O) groups is 1. The highest BCUT2D eigenvalue weighted by Gasteiger charge is 2.58. The zero-order chi connectivity index (χ0) is 13.3. The third-order valence-corrected chi connectivity index (χ3v) is 3.40. The maximum Gasteiger partial charge on any atom is 0.397 e. The van der Waals surface area contributed by atoms with Gasteiger partial charge in [-0.05, 0) is 12.8 Å². The molecule has 17 heavy (non-hydrogen) atoms. The molecule has 0 unspecified atom stereocenters. The van der Waals surface area contributed by atoms with Gasteiger partial charge < -0.3 is 10.2 Å². The summed E-state index contributed by atoms with van der Waals surface area (Å²) in [6.07, 6.45) is -4.52. The molecule has 0 amide bonds. The molecule has 2 atom stereocenters. The number of hydrogen-bond acceptors (Lipinski definition) is 3. The van der Waals surface area contributed by atoms with E-state index in [1.807, 2.05) is 0 Å². The Morgan fingerprint density at radius 1 is 1.53 bits per heavy atom. The Hall–Kier alpha value is -0.820. The number of hydrogen-bond donors (Lipinski definition) is 2. The number of carboxylic acid groups (broad SMARTS) is 1. The molecule has 0 bridgehead atoms. The average Bonchev–Trinajstić information content (AvgIpc) is 2.63. The van der Waals surface area contributed by atoms with E-state index in [0.717, 1.165) is 0 Å². The monoisotopic (exact) mass is 255 g/mol. The standard InChI is InChI=1S/C10H16F3NO3/c1-2-7(8(16)17)14-4-3-9(5-14,6-15)10(11,12)13/h7,15H,2-6H2,1H3,(H,16,17)/t7-,9+/m0/s1. The highest BCUT2D eigenvalue weighted by Crippen LogP contribution is 2.45. The maximum absolute atomic E-state index is 12.8. The molecule has 1 fully saturated rings. The van der Waals surface area contributed by atoms with E-state index in [-0.39, 0.29) is 19.4 Å². The zero-order valence-corrected chi connectivity index (χ0v) is 9.50. The Balaban J connectivity index is 2.84. The van der Waals surface area contributed by atoms with Crippen LogP contribution >= 0.6 is 0 Å². The second-order valence-corrected chi connectivity index (χ2v) is 4.42. The molecule has 4 nitrogen and oxygen atoms in total. The molecule has 0 spiro atoms. The summed E-state index contributed by atoms with van der Waals surface area (Å²) < 4.78 is 38.5. The van der Waals surface area contributed by atoms with E-state index in [2.05, 4.69) is 0 Å². The number of carboxylic acids is 1. The molecule has 0 aromatic heterocycles. The molecule has 0 aromatic rings. The van der Waals surface area contributed by atoms with E-state index in [1.54, 1.807) is 6.92 Å². The number of alkyl halides is 3. The van der Waals surface area contributed by atoms with Crippen molar-refractivity contribution in [1.82, 2.24) is 4.90 Å². The lowest BCUT2D eigenvalue weighted by atomic mass is 9.87.